The van der Waals surface area contributed by atoms with Crippen molar-refractivity contribution in [3.05, 3.63) is 59.5 Å². The molecule has 2 saturated heterocycles. The standard InChI is InChI=1S/C23H28FN3O2S/c1-17-3-8-22(25-15-17)26-11-12-27(21(16-26)18-4-6-20(24)7-5-18)23(28)19-9-13-30(2,29)14-10-19/h3-8,15,19,21H,2,9-14,16H2,1H3. The van der Waals surface area contributed by atoms with Crippen molar-refractivity contribution in [3.8, 4) is 0 Å². The number of piperazine rings is 1. The average molecular weight is 430 g/mol. The van der Waals surface area contributed by atoms with Gasteiger partial charge in [0.05, 0.1) is 6.04 Å². The van der Waals surface area contributed by atoms with E-state index in [4.69, 9.17) is 0 Å². The maximum absolute atomic E-state index is 13.5. The van der Waals surface area contributed by atoms with Gasteiger partial charge < -0.3 is 9.80 Å². The Morgan fingerprint density at radius 2 is 1.83 bits per heavy atom. The number of aromatic nitrogens is 1. The smallest absolute Gasteiger partial charge is 0.226 e. The van der Waals surface area contributed by atoms with Gasteiger partial charge in [-0.2, -0.15) is 0 Å². The number of hydrogen-bond acceptors (Lipinski definition) is 4. The normalized spacial score (nSPS) is 27.1. The Balaban J connectivity index is 1.58. The number of benzene rings is 1. The zero-order chi connectivity index (χ0) is 21.3. The van der Waals surface area contributed by atoms with Crippen LogP contribution in [0, 0.1) is 18.7 Å². The van der Waals surface area contributed by atoms with Gasteiger partial charge in [-0.15, -0.1) is 0 Å². The van der Waals surface area contributed by atoms with E-state index in [9.17, 15) is 13.4 Å². The molecular formula is C23H28FN3O2S. The van der Waals surface area contributed by atoms with Gasteiger partial charge in [0.25, 0.3) is 0 Å². The largest absolute Gasteiger partial charge is 0.352 e. The summed E-state index contributed by atoms with van der Waals surface area (Å²) in [5.74, 6) is 5.42. The van der Waals surface area contributed by atoms with Crippen LogP contribution in [-0.2, 0) is 14.3 Å². The summed E-state index contributed by atoms with van der Waals surface area (Å²) in [6, 6.07) is 10.3. The summed E-state index contributed by atoms with van der Waals surface area (Å²) in [6.07, 6.45) is 3.09. The van der Waals surface area contributed by atoms with Gasteiger partial charge in [0, 0.05) is 43.3 Å². The summed E-state index contributed by atoms with van der Waals surface area (Å²) < 4.78 is 25.7. The molecule has 0 spiro atoms. The molecule has 2 aromatic rings. The van der Waals surface area contributed by atoms with Crippen molar-refractivity contribution < 1.29 is 13.4 Å². The Morgan fingerprint density at radius 3 is 2.47 bits per heavy atom. The minimum absolute atomic E-state index is 0.107. The highest BCUT2D eigenvalue weighted by atomic mass is 32.2. The molecule has 2 fully saturated rings. The number of carbonyl (C=O) groups is 1. The van der Waals surface area contributed by atoms with Crippen LogP contribution in [0.3, 0.4) is 0 Å². The molecule has 5 nitrogen and oxygen atoms in total. The number of rotatable bonds is 3. The SMILES string of the molecule is C=S1(=O)CCC(C(=O)N2CCN(c3ccc(C)cn3)CC2c2ccc(F)cc2)CC1. The van der Waals surface area contributed by atoms with E-state index in [1.165, 1.54) is 12.1 Å². The van der Waals surface area contributed by atoms with Gasteiger partial charge in [0.15, 0.2) is 0 Å². The molecule has 1 atom stereocenters. The van der Waals surface area contributed by atoms with Gasteiger partial charge >= 0.3 is 0 Å². The molecule has 1 aromatic carbocycles. The van der Waals surface area contributed by atoms with E-state index >= 15 is 0 Å². The molecule has 1 amide bonds. The number of aryl methyl sites for hydroxylation is 1. The van der Waals surface area contributed by atoms with E-state index in [0.29, 0.717) is 44.0 Å². The van der Waals surface area contributed by atoms with Crippen molar-refractivity contribution in [2.45, 2.75) is 25.8 Å². The fraction of sp³-hybridized carbons (Fsp3) is 0.435. The predicted molar refractivity (Wildman–Crippen MR) is 120 cm³/mol. The van der Waals surface area contributed by atoms with E-state index in [-0.39, 0.29) is 23.7 Å². The fourth-order valence-electron chi connectivity index (χ4n) is 4.31. The van der Waals surface area contributed by atoms with Crippen LogP contribution in [0.15, 0.2) is 42.6 Å². The molecule has 1 aromatic heterocycles. The topological polar surface area (TPSA) is 53.5 Å². The predicted octanol–water partition coefficient (Wildman–Crippen LogP) is 3.05. The maximum atomic E-state index is 13.5. The zero-order valence-electron chi connectivity index (χ0n) is 17.3. The van der Waals surface area contributed by atoms with Crippen LogP contribution in [0.4, 0.5) is 10.2 Å². The minimum Gasteiger partial charge on any atom is -0.352 e. The zero-order valence-corrected chi connectivity index (χ0v) is 18.1. The van der Waals surface area contributed by atoms with Crippen LogP contribution >= 0.6 is 0 Å². The monoisotopic (exact) mass is 429 g/mol. The molecule has 0 saturated carbocycles. The van der Waals surface area contributed by atoms with Gasteiger partial charge in [-0.1, -0.05) is 18.2 Å². The lowest BCUT2D eigenvalue weighted by molar-refractivity contribution is -0.138. The Kier molecular flexibility index (Phi) is 5.82. The number of nitrogens with zero attached hydrogens (tertiary/aromatic N) is 3. The van der Waals surface area contributed by atoms with Crippen LogP contribution in [-0.4, -0.2) is 57.0 Å². The first-order valence-corrected chi connectivity index (χ1v) is 12.4. The molecule has 1 unspecified atom stereocenters. The van der Waals surface area contributed by atoms with Crippen molar-refractivity contribution >= 4 is 27.1 Å². The number of carbonyl (C=O) groups excluding carboxylic acids is 1. The summed E-state index contributed by atoms with van der Waals surface area (Å²) in [5.41, 5.74) is 2.01. The molecule has 0 bridgehead atoms. The Labute approximate surface area is 177 Å². The third-order valence-electron chi connectivity index (χ3n) is 6.16. The van der Waals surface area contributed by atoms with Crippen molar-refractivity contribution in [2.24, 2.45) is 5.92 Å². The number of hydrogen-bond donors (Lipinski definition) is 0. The molecule has 2 aliphatic rings. The average Bonchev–Trinajstić information content (AvgIpc) is 2.74. The summed E-state index contributed by atoms with van der Waals surface area (Å²) in [4.78, 5) is 22.1. The van der Waals surface area contributed by atoms with Gasteiger partial charge in [0.1, 0.15) is 11.6 Å². The van der Waals surface area contributed by atoms with Gasteiger partial charge in [-0.3, -0.25) is 9.00 Å². The van der Waals surface area contributed by atoms with Crippen LogP contribution in [0.1, 0.15) is 30.0 Å². The van der Waals surface area contributed by atoms with Crippen LogP contribution in [0.25, 0.3) is 0 Å². The molecule has 0 aliphatic carbocycles. The quantitative estimate of drug-likeness (QED) is 0.704. The van der Waals surface area contributed by atoms with Crippen molar-refractivity contribution in [2.75, 3.05) is 36.0 Å². The lowest BCUT2D eigenvalue weighted by Gasteiger charge is -2.44. The van der Waals surface area contributed by atoms with Gasteiger partial charge in [-0.25, -0.2) is 9.37 Å². The summed E-state index contributed by atoms with van der Waals surface area (Å²) in [7, 11) is -2.03. The van der Waals surface area contributed by atoms with Crippen molar-refractivity contribution in [1.29, 1.82) is 0 Å². The van der Waals surface area contributed by atoms with Crippen LogP contribution in [0.5, 0.6) is 0 Å². The third kappa shape index (κ3) is 4.51. The molecule has 0 N–H and O–H groups in total. The maximum Gasteiger partial charge on any atom is 0.226 e. The molecule has 0 radical (unpaired) electrons. The molecule has 2 aliphatic heterocycles. The summed E-state index contributed by atoms with van der Waals surface area (Å²) in [6.45, 7) is 3.88. The van der Waals surface area contributed by atoms with Crippen LogP contribution < -0.4 is 4.90 Å². The number of halogens is 1. The second-order valence-electron chi connectivity index (χ2n) is 8.39. The number of amides is 1. The molecule has 7 heteroatoms. The summed E-state index contributed by atoms with van der Waals surface area (Å²) in [5, 5.41) is 0. The second kappa shape index (κ2) is 8.38. The lowest BCUT2D eigenvalue weighted by Crippen LogP contribution is -2.53. The fourth-order valence-corrected chi connectivity index (χ4v) is 5.95. The molecule has 160 valence electrons. The first-order valence-electron chi connectivity index (χ1n) is 10.4. The Bertz CT molecular complexity index is 992. The first kappa shape index (κ1) is 20.8. The molecule has 30 heavy (non-hydrogen) atoms. The minimum atomic E-state index is -2.03. The third-order valence-corrected chi connectivity index (χ3v) is 8.12. The van der Waals surface area contributed by atoms with E-state index in [1.54, 1.807) is 12.1 Å². The number of pyridine rings is 1. The highest BCUT2D eigenvalue weighted by molar-refractivity contribution is 8.00. The molecule has 4 rings (SSSR count). The van der Waals surface area contributed by atoms with E-state index in [1.807, 2.05) is 30.2 Å². The van der Waals surface area contributed by atoms with E-state index < -0.39 is 9.52 Å². The highest BCUT2D eigenvalue weighted by Gasteiger charge is 2.36. The van der Waals surface area contributed by atoms with Crippen LogP contribution in [0.2, 0.25) is 0 Å². The second-order valence-corrected chi connectivity index (χ2v) is 11.1. The molecule has 3 heterocycles. The Morgan fingerprint density at radius 1 is 1.13 bits per heavy atom. The van der Waals surface area contributed by atoms with E-state index in [0.717, 1.165) is 16.9 Å². The number of anilines is 1. The molecular weight excluding hydrogens is 401 g/mol. The lowest BCUT2D eigenvalue weighted by atomic mass is 9.96. The van der Waals surface area contributed by atoms with Crippen molar-refractivity contribution in [1.82, 2.24) is 9.88 Å². The highest BCUT2D eigenvalue weighted by Crippen LogP contribution is 2.31. The van der Waals surface area contributed by atoms with E-state index in [2.05, 4.69) is 15.8 Å². The van der Waals surface area contributed by atoms with Gasteiger partial charge in [0.2, 0.25) is 5.91 Å². The van der Waals surface area contributed by atoms with Gasteiger partial charge in [-0.05, 0) is 64.5 Å². The Hall–Kier alpha value is -2.41. The van der Waals surface area contributed by atoms with Crippen molar-refractivity contribution in [3.63, 3.8) is 0 Å². The first-order chi connectivity index (χ1) is 14.3. The summed E-state index contributed by atoms with van der Waals surface area (Å²) >= 11 is 0.